The number of rotatable bonds is 4. The minimum absolute atomic E-state index is 0.105. The maximum atomic E-state index is 13.1. The third-order valence-electron chi connectivity index (χ3n) is 4.97. The molecular formula is C20H23N3O4. The van der Waals surface area contributed by atoms with Gasteiger partial charge in [-0.25, -0.2) is 0 Å². The van der Waals surface area contributed by atoms with Gasteiger partial charge in [-0.15, -0.1) is 0 Å². The number of amides is 2. The van der Waals surface area contributed by atoms with Crippen LogP contribution in [0.25, 0.3) is 5.69 Å². The fourth-order valence-electron chi connectivity index (χ4n) is 3.46. The summed E-state index contributed by atoms with van der Waals surface area (Å²) in [6.07, 6.45) is 2.99. The molecule has 2 N–H and O–H groups in total. The van der Waals surface area contributed by atoms with Crippen LogP contribution in [0.1, 0.15) is 28.8 Å². The zero-order valence-electron chi connectivity index (χ0n) is 15.5. The van der Waals surface area contributed by atoms with Crippen molar-refractivity contribution in [2.24, 2.45) is 11.7 Å². The number of hydrogen-bond acceptors (Lipinski definition) is 4. The number of carbonyl (C=O) groups is 2. The van der Waals surface area contributed by atoms with Crippen molar-refractivity contribution >= 4 is 11.8 Å². The number of para-hydroxylation sites is 2. The zero-order valence-corrected chi connectivity index (χ0v) is 15.5. The van der Waals surface area contributed by atoms with E-state index in [0.717, 1.165) is 0 Å². The molecule has 1 aliphatic heterocycles. The third kappa shape index (κ3) is 3.58. The highest BCUT2D eigenvalue weighted by molar-refractivity contribution is 5.95. The Bertz CT molecular complexity index is 935. The lowest BCUT2D eigenvalue weighted by Gasteiger charge is -2.31. The molecule has 1 aromatic carbocycles. The molecule has 142 valence electrons. The number of benzene rings is 1. The molecule has 0 bridgehead atoms. The van der Waals surface area contributed by atoms with E-state index < -0.39 is 11.5 Å². The molecule has 27 heavy (non-hydrogen) atoms. The highest BCUT2D eigenvalue weighted by Gasteiger charge is 2.30. The van der Waals surface area contributed by atoms with Gasteiger partial charge >= 0.3 is 0 Å². The summed E-state index contributed by atoms with van der Waals surface area (Å²) in [5.74, 6) is -0.617. The number of aryl methyl sites for hydroxylation is 1. The van der Waals surface area contributed by atoms with Crippen LogP contribution in [0.5, 0.6) is 5.75 Å². The minimum atomic E-state index is -0.413. The Balaban J connectivity index is 2.02. The van der Waals surface area contributed by atoms with Gasteiger partial charge in [0.15, 0.2) is 0 Å². The molecular weight excluding hydrogens is 346 g/mol. The summed E-state index contributed by atoms with van der Waals surface area (Å²) in [6, 6.07) is 8.86. The lowest BCUT2D eigenvalue weighted by atomic mass is 9.96. The molecule has 0 spiro atoms. The van der Waals surface area contributed by atoms with E-state index in [1.54, 1.807) is 42.3 Å². The van der Waals surface area contributed by atoms with Crippen LogP contribution < -0.4 is 16.0 Å². The van der Waals surface area contributed by atoms with Gasteiger partial charge in [0.25, 0.3) is 11.5 Å². The monoisotopic (exact) mass is 369 g/mol. The molecule has 0 saturated carbocycles. The number of nitrogens with two attached hydrogens (primary N) is 1. The van der Waals surface area contributed by atoms with E-state index in [-0.39, 0.29) is 23.9 Å². The summed E-state index contributed by atoms with van der Waals surface area (Å²) in [7, 11) is 1.53. The maximum absolute atomic E-state index is 13.1. The Labute approximate surface area is 157 Å². The number of piperidine rings is 1. The van der Waals surface area contributed by atoms with Crippen molar-refractivity contribution in [3.63, 3.8) is 0 Å². The van der Waals surface area contributed by atoms with Gasteiger partial charge in [0.05, 0.1) is 18.7 Å². The molecule has 2 aromatic rings. The number of hydrogen-bond donors (Lipinski definition) is 1. The van der Waals surface area contributed by atoms with E-state index in [1.165, 1.54) is 11.7 Å². The number of aromatic nitrogens is 1. The lowest BCUT2D eigenvalue weighted by molar-refractivity contribution is -0.123. The van der Waals surface area contributed by atoms with Crippen molar-refractivity contribution in [2.75, 3.05) is 20.2 Å². The van der Waals surface area contributed by atoms with Gasteiger partial charge in [-0.2, -0.15) is 0 Å². The summed E-state index contributed by atoms with van der Waals surface area (Å²) in [4.78, 5) is 39.3. The second kappa shape index (κ2) is 7.65. The van der Waals surface area contributed by atoms with Crippen molar-refractivity contribution in [1.82, 2.24) is 9.47 Å². The fourth-order valence-corrected chi connectivity index (χ4v) is 3.46. The minimum Gasteiger partial charge on any atom is -0.495 e. The first-order valence-electron chi connectivity index (χ1n) is 8.88. The normalized spacial score (nSPS) is 16.8. The highest BCUT2D eigenvalue weighted by atomic mass is 16.5. The van der Waals surface area contributed by atoms with Gasteiger partial charge in [-0.1, -0.05) is 12.1 Å². The molecule has 2 amide bonds. The van der Waals surface area contributed by atoms with E-state index >= 15 is 0 Å². The van der Waals surface area contributed by atoms with Gasteiger partial charge in [0.1, 0.15) is 11.3 Å². The largest absolute Gasteiger partial charge is 0.495 e. The standard InChI is InChI=1S/C20H23N3O4/c1-13-9-11-23(15-7-3-4-8-16(15)27-2)20(26)17(13)19(25)22-10-5-6-14(12-22)18(21)24/h3-4,7-9,11,14H,5-6,10,12H2,1-2H3,(H2,21,24). The van der Waals surface area contributed by atoms with Crippen molar-refractivity contribution in [1.29, 1.82) is 0 Å². The Morgan fingerprint density at radius 3 is 2.67 bits per heavy atom. The quantitative estimate of drug-likeness (QED) is 0.883. The Kier molecular flexibility index (Phi) is 5.30. The van der Waals surface area contributed by atoms with Crippen LogP contribution in [0.15, 0.2) is 41.3 Å². The third-order valence-corrected chi connectivity index (χ3v) is 4.97. The number of pyridine rings is 1. The summed E-state index contributed by atoms with van der Waals surface area (Å²) in [5, 5.41) is 0. The average Bonchev–Trinajstić information content (AvgIpc) is 2.68. The van der Waals surface area contributed by atoms with Gasteiger partial charge < -0.3 is 15.4 Å². The number of carbonyl (C=O) groups excluding carboxylic acids is 2. The van der Waals surface area contributed by atoms with Crippen LogP contribution in [0.4, 0.5) is 0 Å². The summed E-state index contributed by atoms with van der Waals surface area (Å²) >= 11 is 0. The molecule has 7 nitrogen and oxygen atoms in total. The molecule has 1 saturated heterocycles. The van der Waals surface area contributed by atoms with Crippen molar-refractivity contribution in [2.45, 2.75) is 19.8 Å². The van der Waals surface area contributed by atoms with Gasteiger partial charge in [-0.3, -0.25) is 19.0 Å². The predicted octanol–water partition coefficient (Wildman–Crippen LogP) is 1.49. The Morgan fingerprint density at radius 2 is 1.96 bits per heavy atom. The topological polar surface area (TPSA) is 94.6 Å². The van der Waals surface area contributed by atoms with Crippen LogP contribution in [0.3, 0.4) is 0 Å². The summed E-state index contributed by atoms with van der Waals surface area (Å²) < 4.78 is 6.75. The van der Waals surface area contributed by atoms with E-state index in [0.29, 0.717) is 36.4 Å². The zero-order chi connectivity index (χ0) is 19.6. The van der Waals surface area contributed by atoms with Crippen LogP contribution in [-0.2, 0) is 4.79 Å². The highest BCUT2D eigenvalue weighted by Crippen LogP contribution is 2.22. The second-order valence-corrected chi connectivity index (χ2v) is 6.71. The first-order chi connectivity index (χ1) is 12.9. The van der Waals surface area contributed by atoms with Gasteiger partial charge in [-0.05, 0) is 43.5 Å². The second-order valence-electron chi connectivity index (χ2n) is 6.71. The van der Waals surface area contributed by atoms with Crippen LogP contribution >= 0.6 is 0 Å². The summed E-state index contributed by atoms with van der Waals surface area (Å²) in [6.45, 7) is 2.48. The van der Waals surface area contributed by atoms with E-state index in [2.05, 4.69) is 0 Å². The molecule has 1 fully saturated rings. The molecule has 1 aromatic heterocycles. The van der Waals surface area contributed by atoms with Crippen molar-refractivity contribution in [3.05, 3.63) is 58.0 Å². The van der Waals surface area contributed by atoms with E-state index in [9.17, 15) is 14.4 Å². The molecule has 0 radical (unpaired) electrons. The number of nitrogens with zero attached hydrogens (tertiary/aromatic N) is 2. The molecule has 1 unspecified atom stereocenters. The van der Waals surface area contributed by atoms with Gasteiger partial charge in [0, 0.05) is 19.3 Å². The van der Waals surface area contributed by atoms with Crippen molar-refractivity contribution < 1.29 is 14.3 Å². The molecule has 1 atom stereocenters. The van der Waals surface area contributed by atoms with Gasteiger partial charge in [0.2, 0.25) is 5.91 Å². The number of likely N-dealkylation sites (tertiary alicyclic amines) is 1. The Morgan fingerprint density at radius 1 is 1.22 bits per heavy atom. The number of ether oxygens (including phenoxy) is 1. The lowest BCUT2D eigenvalue weighted by Crippen LogP contribution is -2.46. The number of methoxy groups -OCH3 is 1. The first kappa shape index (κ1) is 18.7. The number of primary amides is 1. The molecule has 7 heteroatoms. The van der Waals surface area contributed by atoms with Crippen LogP contribution in [0.2, 0.25) is 0 Å². The smallest absolute Gasteiger partial charge is 0.268 e. The van der Waals surface area contributed by atoms with Crippen LogP contribution in [-0.4, -0.2) is 41.5 Å². The predicted molar refractivity (Wildman–Crippen MR) is 101 cm³/mol. The van der Waals surface area contributed by atoms with E-state index in [1.807, 2.05) is 6.07 Å². The molecule has 2 heterocycles. The fraction of sp³-hybridized carbons (Fsp3) is 0.350. The average molecular weight is 369 g/mol. The molecule has 1 aliphatic rings. The summed E-state index contributed by atoms with van der Waals surface area (Å²) in [5.41, 5.74) is 6.25. The Hall–Kier alpha value is -3.09. The molecule has 0 aliphatic carbocycles. The molecule has 3 rings (SSSR count). The van der Waals surface area contributed by atoms with Crippen molar-refractivity contribution in [3.8, 4) is 11.4 Å². The SMILES string of the molecule is COc1ccccc1-n1ccc(C)c(C(=O)N2CCCC(C(N)=O)C2)c1=O. The van der Waals surface area contributed by atoms with Crippen LogP contribution in [0, 0.1) is 12.8 Å². The maximum Gasteiger partial charge on any atom is 0.268 e. The van der Waals surface area contributed by atoms with E-state index in [4.69, 9.17) is 10.5 Å². The first-order valence-corrected chi connectivity index (χ1v) is 8.88.